The highest BCUT2D eigenvalue weighted by Crippen LogP contribution is 2.21. The maximum atomic E-state index is 12.6. The van der Waals surface area contributed by atoms with E-state index >= 15 is 0 Å². The van der Waals surface area contributed by atoms with Crippen molar-refractivity contribution in [3.63, 3.8) is 0 Å². The maximum Gasteiger partial charge on any atom is 0.317 e. The molecule has 3 heterocycles. The number of anilines is 1. The van der Waals surface area contributed by atoms with Crippen LogP contribution in [0.2, 0.25) is 0 Å². The van der Waals surface area contributed by atoms with Crippen molar-refractivity contribution in [2.75, 3.05) is 31.5 Å². The minimum absolute atomic E-state index is 0.0141. The van der Waals surface area contributed by atoms with Crippen LogP contribution in [0.3, 0.4) is 0 Å². The van der Waals surface area contributed by atoms with Crippen molar-refractivity contribution >= 4 is 17.8 Å². The second kappa shape index (κ2) is 7.43. The molecule has 1 aromatic heterocycles. The van der Waals surface area contributed by atoms with E-state index in [2.05, 4.69) is 20.6 Å². The van der Waals surface area contributed by atoms with Crippen LogP contribution in [-0.4, -0.2) is 69.8 Å². The minimum Gasteiger partial charge on any atom is -0.336 e. The third-order valence-corrected chi connectivity index (χ3v) is 5.17. The number of aromatic nitrogens is 2. The van der Waals surface area contributed by atoms with Gasteiger partial charge < -0.3 is 15.5 Å². The van der Waals surface area contributed by atoms with Crippen LogP contribution in [-0.2, 0) is 4.79 Å². The first kappa shape index (κ1) is 17.7. The van der Waals surface area contributed by atoms with E-state index in [4.69, 9.17) is 0 Å². The van der Waals surface area contributed by atoms with Crippen molar-refractivity contribution in [2.24, 2.45) is 0 Å². The van der Waals surface area contributed by atoms with Gasteiger partial charge in [-0.3, -0.25) is 9.69 Å². The van der Waals surface area contributed by atoms with E-state index in [1.54, 1.807) is 6.20 Å². The minimum atomic E-state index is -0.205. The summed E-state index contributed by atoms with van der Waals surface area (Å²) in [5.74, 6) is 0.718. The molecule has 0 unspecified atom stereocenters. The van der Waals surface area contributed by atoms with Crippen LogP contribution >= 0.6 is 0 Å². The number of amides is 3. The van der Waals surface area contributed by atoms with Crippen molar-refractivity contribution < 1.29 is 9.59 Å². The highest BCUT2D eigenvalue weighted by molar-refractivity contribution is 5.93. The third kappa shape index (κ3) is 3.78. The molecule has 8 nitrogen and oxygen atoms in total. The summed E-state index contributed by atoms with van der Waals surface area (Å²) in [4.78, 5) is 28.5. The lowest BCUT2D eigenvalue weighted by Crippen LogP contribution is -2.51. The number of likely N-dealkylation sites (tertiary alicyclic amines) is 1. The fraction of sp³-hybridized carbons (Fsp3) is 0.706. The summed E-state index contributed by atoms with van der Waals surface area (Å²) in [6, 6.07) is 2.15. The predicted molar refractivity (Wildman–Crippen MR) is 95.4 cm³/mol. The molecule has 2 fully saturated rings. The van der Waals surface area contributed by atoms with E-state index in [-0.39, 0.29) is 30.1 Å². The first-order valence-electron chi connectivity index (χ1n) is 9.10. The van der Waals surface area contributed by atoms with Gasteiger partial charge in [0.25, 0.3) is 0 Å². The van der Waals surface area contributed by atoms with E-state index in [0.29, 0.717) is 0 Å². The smallest absolute Gasteiger partial charge is 0.317 e. The molecule has 0 spiro atoms. The number of carbonyl (C=O) groups is 2. The van der Waals surface area contributed by atoms with Gasteiger partial charge in [-0.1, -0.05) is 0 Å². The molecular weight excluding hydrogens is 320 g/mol. The zero-order chi connectivity index (χ0) is 18.0. The van der Waals surface area contributed by atoms with E-state index in [1.165, 1.54) is 0 Å². The molecule has 138 valence electrons. The third-order valence-electron chi connectivity index (χ3n) is 5.17. The summed E-state index contributed by atoms with van der Waals surface area (Å²) in [6.07, 6.45) is 3.52. The summed E-state index contributed by atoms with van der Waals surface area (Å²) in [6.45, 7) is 9.18. The average Bonchev–Trinajstić information content (AvgIpc) is 3.23. The summed E-state index contributed by atoms with van der Waals surface area (Å²) in [7, 11) is 0. The van der Waals surface area contributed by atoms with E-state index in [9.17, 15) is 9.59 Å². The second-order valence-corrected chi connectivity index (χ2v) is 7.11. The number of hydrogen-bond acceptors (Lipinski definition) is 4. The Morgan fingerprint density at radius 1 is 1.28 bits per heavy atom. The average molecular weight is 348 g/mol. The van der Waals surface area contributed by atoms with E-state index < -0.39 is 0 Å². The van der Waals surface area contributed by atoms with Crippen LogP contribution in [0.25, 0.3) is 0 Å². The van der Waals surface area contributed by atoms with Gasteiger partial charge >= 0.3 is 6.03 Å². The normalized spacial score (nSPS) is 20.8. The van der Waals surface area contributed by atoms with Crippen LogP contribution < -0.4 is 10.6 Å². The molecule has 8 heteroatoms. The zero-order valence-corrected chi connectivity index (χ0v) is 15.2. The monoisotopic (exact) mass is 348 g/mol. The van der Waals surface area contributed by atoms with Crippen molar-refractivity contribution in [1.82, 2.24) is 24.9 Å². The second-order valence-electron chi connectivity index (χ2n) is 7.11. The van der Waals surface area contributed by atoms with Crippen LogP contribution in [0.4, 0.5) is 10.6 Å². The molecule has 0 radical (unpaired) electrons. The Hall–Kier alpha value is -2.09. The number of piperidine rings is 1. The number of urea groups is 1. The molecule has 3 amide bonds. The fourth-order valence-electron chi connectivity index (χ4n) is 3.64. The van der Waals surface area contributed by atoms with Crippen molar-refractivity contribution in [2.45, 2.75) is 51.7 Å². The zero-order valence-electron chi connectivity index (χ0n) is 15.2. The standard InChI is InChI=1S/C17H28N6O2/c1-12(2)23-15(4-7-19-23)20-16(24)13(3)21-9-5-14(6-10-21)22-11-8-18-17(22)25/h4,7,12-14H,5-6,8-11H2,1-3H3,(H,18,25)(H,20,24)/t13-/m0/s1. The lowest BCUT2D eigenvalue weighted by atomic mass is 10.0. The summed E-state index contributed by atoms with van der Waals surface area (Å²) < 4.78 is 1.81. The number of rotatable bonds is 5. The molecule has 0 aromatic carbocycles. The Balaban J connectivity index is 1.53. The summed E-state index contributed by atoms with van der Waals surface area (Å²) >= 11 is 0. The number of hydrogen-bond donors (Lipinski definition) is 2. The molecule has 0 bridgehead atoms. The molecule has 1 atom stereocenters. The predicted octanol–water partition coefficient (Wildman–Crippen LogP) is 1.28. The fourth-order valence-corrected chi connectivity index (χ4v) is 3.64. The van der Waals surface area contributed by atoms with Gasteiger partial charge in [-0.15, -0.1) is 0 Å². The lowest BCUT2D eigenvalue weighted by Gasteiger charge is -2.38. The molecular formula is C17H28N6O2. The van der Waals surface area contributed by atoms with Crippen LogP contribution in [0.5, 0.6) is 0 Å². The van der Waals surface area contributed by atoms with Gasteiger partial charge in [0.15, 0.2) is 0 Å². The molecule has 2 saturated heterocycles. The van der Waals surface area contributed by atoms with Crippen LogP contribution in [0.1, 0.15) is 39.7 Å². The van der Waals surface area contributed by atoms with Crippen molar-refractivity contribution in [1.29, 1.82) is 0 Å². The van der Waals surface area contributed by atoms with Gasteiger partial charge in [-0.25, -0.2) is 9.48 Å². The van der Waals surface area contributed by atoms with Crippen LogP contribution in [0.15, 0.2) is 12.3 Å². The summed E-state index contributed by atoms with van der Waals surface area (Å²) in [5.41, 5.74) is 0. The Labute approximate surface area is 148 Å². The van der Waals surface area contributed by atoms with Gasteiger partial charge in [-0.2, -0.15) is 5.10 Å². The van der Waals surface area contributed by atoms with Gasteiger partial charge in [0.1, 0.15) is 5.82 Å². The Morgan fingerprint density at radius 3 is 2.60 bits per heavy atom. The van der Waals surface area contributed by atoms with Gasteiger partial charge in [0.05, 0.1) is 12.2 Å². The van der Waals surface area contributed by atoms with Gasteiger partial charge in [-0.05, 0) is 33.6 Å². The summed E-state index contributed by atoms with van der Waals surface area (Å²) in [5, 5.41) is 10.1. The molecule has 3 rings (SSSR count). The topological polar surface area (TPSA) is 82.5 Å². The van der Waals surface area contributed by atoms with Crippen LogP contribution in [0, 0.1) is 0 Å². The first-order valence-corrected chi connectivity index (χ1v) is 9.10. The van der Waals surface area contributed by atoms with Crippen molar-refractivity contribution in [3.05, 3.63) is 12.3 Å². The number of carbonyl (C=O) groups excluding carboxylic acids is 2. The first-order chi connectivity index (χ1) is 12.0. The Kier molecular flexibility index (Phi) is 5.27. The van der Waals surface area contributed by atoms with Gasteiger partial charge in [0.2, 0.25) is 5.91 Å². The Bertz CT molecular complexity index is 620. The number of nitrogens with zero attached hydrogens (tertiary/aromatic N) is 4. The Morgan fingerprint density at radius 2 is 2.00 bits per heavy atom. The van der Waals surface area contributed by atoms with Gasteiger partial charge in [0, 0.05) is 44.3 Å². The quantitative estimate of drug-likeness (QED) is 0.840. The lowest BCUT2D eigenvalue weighted by molar-refractivity contribution is -0.121. The molecule has 0 saturated carbocycles. The largest absolute Gasteiger partial charge is 0.336 e. The SMILES string of the molecule is CC(C)n1nccc1NC(=O)[C@H](C)N1CCC(N2CCNC2=O)CC1. The molecule has 0 aliphatic carbocycles. The van der Waals surface area contributed by atoms with E-state index in [1.807, 2.05) is 36.4 Å². The maximum absolute atomic E-state index is 12.6. The van der Waals surface area contributed by atoms with Crippen molar-refractivity contribution in [3.8, 4) is 0 Å². The molecule has 1 aromatic rings. The molecule has 2 aliphatic rings. The number of nitrogens with one attached hydrogen (secondary N) is 2. The molecule has 25 heavy (non-hydrogen) atoms. The highest BCUT2D eigenvalue weighted by atomic mass is 16.2. The molecule has 2 N–H and O–H groups in total. The van der Waals surface area contributed by atoms with E-state index in [0.717, 1.165) is 44.8 Å². The highest BCUT2D eigenvalue weighted by Gasteiger charge is 2.33. The molecule has 2 aliphatic heterocycles.